The minimum absolute atomic E-state index is 0.0252. The van der Waals surface area contributed by atoms with Crippen LogP contribution in [0.3, 0.4) is 0 Å². The first-order valence-electron chi connectivity index (χ1n) is 7.50. The van der Waals surface area contributed by atoms with Crippen LogP contribution in [0.2, 0.25) is 0 Å². The summed E-state index contributed by atoms with van der Waals surface area (Å²) >= 11 is 0. The Balaban J connectivity index is 1.66. The smallest absolute Gasteiger partial charge is 0.322 e. The summed E-state index contributed by atoms with van der Waals surface area (Å²) in [6.07, 6.45) is 1.27. The first-order chi connectivity index (χ1) is 11.5. The molecule has 1 N–H and O–H groups in total. The number of morpholine rings is 1. The van der Waals surface area contributed by atoms with Gasteiger partial charge in [-0.25, -0.2) is 4.79 Å². The summed E-state index contributed by atoms with van der Waals surface area (Å²) < 4.78 is 10.9. The van der Waals surface area contributed by atoms with Crippen LogP contribution in [0.25, 0.3) is 0 Å². The lowest BCUT2D eigenvalue weighted by Gasteiger charge is -2.32. The zero-order valence-electron chi connectivity index (χ0n) is 13.1. The van der Waals surface area contributed by atoms with Gasteiger partial charge in [0.15, 0.2) is 0 Å². The molecule has 1 aromatic carbocycles. The zero-order valence-corrected chi connectivity index (χ0v) is 13.1. The molecule has 2 heterocycles. The molecule has 2 aromatic rings. The molecule has 24 heavy (non-hydrogen) atoms. The van der Waals surface area contributed by atoms with E-state index in [1.165, 1.54) is 12.1 Å². The van der Waals surface area contributed by atoms with Crippen molar-refractivity contribution in [1.29, 1.82) is 0 Å². The lowest BCUT2D eigenvalue weighted by atomic mass is 10.2. The van der Waals surface area contributed by atoms with Crippen molar-refractivity contribution in [3.8, 4) is 0 Å². The molecule has 1 aliphatic heterocycles. The number of rotatable bonds is 3. The monoisotopic (exact) mass is 331 g/mol. The SMILES string of the molecule is Cc1cc(NC(=O)N2CCOC(c3ccco3)C2)ccc1[N+](=O)[O-]. The van der Waals surface area contributed by atoms with Crippen LogP contribution >= 0.6 is 0 Å². The highest BCUT2D eigenvalue weighted by Gasteiger charge is 2.27. The molecule has 0 saturated carbocycles. The predicted octanol–water partition coefficient (Wildman–Crippen LogP) is 3.10. The Bertz CT molecular complexity index is 744. The number of nitro groups is 1. The number of hydrogen-bond acceptors (Lipinski definition) is 5. The molecular weight excluding hydrogens is 314 g/mol. The van der Waals surface area contributed by atoms with E-state index in [1.54, 1.807) is 30.2 Å². The normalized spacial score (nSPS) is 17.5. The van der Waals surface area contributed by atoms with Gasteiger partial charge in [0.1, 0.15) is 11.9 Å². The van der Waals surface area contributed by atoms with Gasteiger partial charge in [0.2, 0.25) is 0 Å². The number of ether oxygens (including phenoxy) is 1. The second-order valence-electron chi connectivity index (χ2n) is 5.51. The number of nitrogens with zero attached hydrogens (tertiary/aromatic N) is 2. The molecule has 8 nitrogen and oxygen atoms in total. The van der Waals surface area contributed by atoms with Gasteiger partial charge in [0.25, 0.3) is 5.69 Å². The van der Waals surface area contributed by atoms with Gasteiger partial charge in [-0.2, -0.15) is 0 Å². The van der Waals surface area contributed by atoms with Gasteiger partial charge < -0.3 is 19.4 Å². The van der Waals surface area contributed by atoms with Crippen molar-refractivity contribution in [2.45, 2.75) is 13.0 Å². The van der Waals surface area contributed by atoms with Crippen LogP contribution in [0.15, 0.2) is 41.0 Å². The fourth-order valence-corrected chi connectivity index (χ4v) is 2.62. The van der Waals surface area contributed by atoms with Crippen molar-refractivity contribution in [3.05, 3.63) is 58.0 Å². The molecule has 0 aliphatic carbocycles. The van der Waals surface area contributed by atoms with E-state index in [0.29, 0.717) is 36.7 Å². The Kier molecular flexibility index (Phi) is 4.48. The quantitative estimate of drug-likeness (QED) is 0.688. The van der Waals surface area contributed by atoms with Gasteiger partial charge in [0.05, 0.1) is 24.3 Å². The largest absolute Gasteiger partial charge is 0.467 e. The number of aryl methyl sites for hydroxylation is 1. The van der Waals surface area contributed by atoms with E-state index < -0.39 is 4.92 Å². The van der Waals surface area contributed by atoms with Crippen LogP contribution in [0.5, 0.6) is 0 Å². The van der Waals surface area contributed by atoms with Crippen molar-refractivity contribution >= 4 is 17.4 Å². The number of urea groups is 1. The third-order valence-electron chi connectivity index (χ3n) is 3.86. The maximum absolute atomic E-state index is 12.4. The topological polar surface area (TPSA) is 97.9 Å². The van der Waals surface area contributed by atoms with Crippen LogP contribution < -0.4 is 5.32 Å². The Morgan fingerprint density at radius 1 is 1.42 bits per heavy atom. The standard InChI is InChI=1S/C16H17N3O5/c1-11-9-12(4-5-13(11)19(21)22)17-16(20)18-6-8-24-15(10-18)14-3-2-7-23-14/h2-5,7,9,15H,6,8,10H2,1H3,(H,17,20). The van der Waals surface area contributed by atoms with Gasteiger partial charge in [-0.05, 0) is 31.2 Å². The van der Waals surface area contributed by atoms with Crippen LogP contribution in [-0.2, 0) is 4.74 Å². The van der Waals surface area contributed by atoms with E-state index in [9.17, 15) is 14.9 Å². The highest BCUT2D eigenvalue weighted by molar-refractivity contribution is 5.89. The maximum atomic E-state index is 12.4. The first-order valence-corrected chi connectivity index (χ1v) is 7.50. The minimum atomic E-state index is -0.448. The highest BCUT2D eigenvalue weighted by Crippen LogP contribution is 2.24. The van der Waals surface area contributed by atoms with Gasteiger partial charge in [-0.1, -0.05) is 0 Å². The molecule has 0 radical (unpaired) electrons. The number of nitrogens with one attached hydrogen (secondary N) is 1. The van der Waals surface area contributed by atoms with Gasteiger partial charge in [0, 0.05) is 23.9 Å². The van der Waals surface area contributed by atoms with Gasteiger partial charge in [-0.15, -0.1) is 0 Å². The molecular formula is C16H17N3O5. The Hall–Kier alpha value is -2.87. The number of anilines is 1. The molecule has 0 spiro atoms. The molecule has 0 bridgehead atoms. The second kappa shape index (κ2) is 6.71. The number of carbonyl (C=O) groups excluding carboxylic acids is 1. The average molecular weight is 331 g/mol. The molecule has 8 heteroatoms. The number of benzene rings is 1. The van der Waals surface area contributed by atoms with Gasteiger partial charge >= 0.3 is 6.03 Å². The Labute approximate surface area is 138 Å². The van der Waals surface area contributed by atoms with E-state index in [-0.39, 0.29) is 17.8 Å². The summed E-state index contributed by atoms with van der Waals surface area (Å²) in [5.41, 5.74) is 1.04. The summed E-state index contributed by atoms with van der Waals surface area (Å²) in [6.45, 7) is 2.90. The molecule has 1 fully saturated rings. The van der Waals surface area contributed by atoms with Crippen LogP contribution in [0, 0.1) is 17.0 Å². The summed E-state index contributed by atoms with van der Waals surface area (Å²) in [5.74, 6) is 0.679. The van der Waals surface area contributed by atoms with Crippen LogP contribution in [0.4, 0.5) is 16.2 Å². The summed E-state index contributed by atoms with van der Waals surface area (Å²) in [6, 6.07) is 7.80. The molecule has 1 aromatic heterocycles. The number of carbonyl (C=O) groups is 1. The zero-order chi connectivity index (χ0) is 17.1. The molecule has 1 unspecified atom stereocenters. The number of amides is 2. The molecule has 1 aliphatic rings. The van der Waals surface area contributed by atoms with Crippen LogP contribution in [-0.4, -0.2) is 35.6 Å². The minimum Gasteiger partial charge on any atom is -0.467 e. The molecule has 1 atom stereocenters. The van der Waals surface area contributed by atoms with E-state index >= 15 is 0 Å². The van der Waals surface area contributed by atoms with Crippen molar-refractivity contribution in [1.82, 2.24) is 4.90 Å². The first kappa shape index (κ1) is 16.0. The third-order valence-corrected chi connectivity index (χ3v) is 3.86. The predicted molar refractivity (Wildman–Crippen MR) is 85.8 cm³/mol. The number of furan rings is 1. The summed E-state index contributed by atoms with van der Waals surface area (Å²) in [4.78, 5) is 24.4. The Morgan fingerprint density at radius 3 is 2.92 bits per heavy atom. The van der Waals surface area contributed by atoms with Gasteiger partial charge in [-0.3, -0.25) is 10.1 Å². The average Bonchev–Trinajstić information content (AvgIpc) is 3.09. The summed E-state index contributed by atoms with van der Waals surface area (Å²) in [7, 11) is 0. The Morgan fingerprint density at radius 2 is 2.25 bits per heavy atom. The van der Waals surface area contributed by atoms with Crippen LogP contribution in [0.1, 0.15) is 17.4 Å². The third kappa shape index (κ3) is 3.38. The van der Waals surface area contributed by atoms with E-state index in [4.69, 9.17) is 9.15 Å². The molecule has 3 rings (SSSR count). The number of nitro benzene ring substituents is 1. The number of hydrogen-bond donors (Lipinski definition) is 1. The fourth-order valence-electron chi connectivity index (χ4n) is 2.62. The van der Waals surface area contributed by atoms with E-state index in [0.717, 1.165) is 0 Å². The van der Waals surface area contributed by atoms with E-state index in [2.05, 4.69) is 5.32 Å². The van der Waals surface area contributed by atoms with E-state index in [1.807, 2.05) is 6.07 Å². The lowest BCUT2D eigenvalue weighted by molar-refractivity contribution is -0.385. The van der Waals surface area contributed by atoms with Crippen molar-refractivity contribution in [3.63, 3.8) is 0 Å². The lowest BCUT2D eigenvalue weighted by Crippen LogP contribution is -2.44. The highest BCUT2D eigenvalue weighted by atomic mass is 16.6. The fraction of sp³-hybridized carbons (Fsp3) is 0.312. The van der Waals surface area contributed by atoms with Crippen molar-refractivity contribution in [2.75, 3.05) is 25.0 Å². The molecule has 2 amide bonds. The van der Waals surface area contributed by atoms with Crippen molar-refractivity contribution < 1.29 is 18.9 Å². The van der Waals surface area contributed by atoms with Crippen molar-refractivity contribution in [2.24, 2.45) is 0 Å². The maximum Gasteiger partial charge on any atom is 0.322 e. The second-order valence-corrected chi connectivity index (χ2v) is 5.51. The summed E-state index contributed by atoms with van der Waals surface area (Å²) in [5, 5.41) is 13.6. The molecule has 1 saturated heterocycles. The molecule has 126 valence electrons.